The number of nitrogen functional groups attached to an aromatic ring is 1. The Kier molecular flexibility index (Phi) is 6.23. The normalized spacial score (nSPS) is 16.1. The summed E-state index contributed by atoms with van der Waals surface area (Å²) in [5, 5.41) is 9.33. The molecule has 0 bridgehead atoms. The van der Waals surface area contributed by atoms with Gasteiger partial charge in [0, 0.05) is 30.1 Å². The summed E-state index contributed by atoms with van der Waals surface area (Å²) in [5.74, 6) is 1.16. The molecular weight excluding hydrogens is 402 g/mol. The molecule has 1 fully saturated rings. The number of benzene rings is 1. The summed E-state index contributed by atoms with van der Waals surface area (Å²) < 4.78 is 4.93. The fourth-order valence-electron chi connectivity index (χ4n) is 3.28. The van der Waals surface area contributed by atoms with Gasteiger partial charge in [-0.05, 0) is 36.6 Å². The van der Waals surface area contributed by atoms with Crippen molar-refractivity contribution in [3.05, 3.63) is 59.9 Å². The summed E-state index contributed by atoms with van der Waals surface area (Å²) in [6, 6.07) is 13.5. The SMILES string of the molecule is Nc1cc(-c2ccccc2-c2nc3ncccc3[nH]2)c(Cl)cn1.OC1CCCOC1. The molecule has 0 amide bonds. The number of aromatic nitrogens is 4. The molecular formula is C22H22ClN5O2. The first kappa shape index (κ1) is 20.3. The van der Waals surface area contributed by atoms with Gasteiger partial charge in [0.1, 0.15) is 11.6 Å². The number of nitrogens with zero attached hydrogens (tertiary/aromatic N) is 3. The number of aliphatic hydroxyl groups excluding tert-OH is 1. The molecule has 5 rings (SSSR count). The number of imidazole rings is 1. The maximum Gasteiger partial charge on any atom is 0.178 e. The molecule has 4 heterocycles. The van der Waals surface area contributed by atoms with Gasteiger partial charge in [-0.2, -0.15) is 0 Å². The highest BCUT2D eigenvalue weighted by Crippen LogP contribution is 2.35. The average Bonchev–Trinajstić information content (AvgIpc) is 3.21. The van der Waals surface area contributed by atoms with Crippen LogP contribution in [0.2, 0.25) is 5.02 Å². The van der Waals surface area contributed by atoms with Gasteiger partial charge in [-0.25, -0.2) is 15.0 Å². The number of aromatic amines is 1. The molecule has 1 saturated heterocycles. The van der Waals surface area contributed by atoms with Crippen molar-refractivity contribution in [3.8, 4) is 22.5 Å². The van der Waals surface area contributed by atoms with Crippen LogP contribution < -0.4 is 5.73 Å². The number of pyridine rings is 2. The third-order valence-corrected chi connectivity index (χ3v) is 5.04. The number of fused-ring (bicyclic) bond motifs is 1. The van der Waals surface area contributed by atoms with E-state index in [1.165, 1.54) is 0 Å². The lowest BCUT2D eigenvalue weighted by molar-refractivity contribution is -0.00535. The van der Waals surface area contributed by atoms with Crippen molar-refractivity contribution in [3.63, 3.8) is 0 Å². The summed E-state index contributed by atoms with van der Waals surface area (Å²) in [7, 11) is 0. The molecule has 8 heteroatoms. The molecule has 1 aliphatic heterocycles. The summed E-state index contributed by atoms with van der Waals surface area (Å²) in [4.78, 5) is 16.1. The zero-order valence-electron chi connectivity index (χ0n) is 16.3. The zero-order chi connectivity index (χ0) is 20.9. The second-order valence-electron chi connectivity index (χ2n) is 6.97. The van der Waals surface area contributed by atoms with E-state index in [2.05, 4.69) is 19.9 Å². The molecule has 4 aromatic rings. The fourth-order valence-corrected chi connectivity index (χ4v) is 3.49. The van der Waals surface area contributed by atoms with E-state index >= 15 is 0 Å². The van der Waals surface area contributed by atoms with Crippen molar-refractivity contribution < 1.29 is 9.84 Å². The number of rotatable bonds is 2. The zero-order valence-corrected chi connectivity index (χ0v) is 17.0. The van der Waals surface area contributed by atoms with E-state index in [0.717, 1.165) is 47.5 Å². The smallest absolute Gasteiger partial charge is 0.178 e. The molecule has 1 aromatic carbocycles. The molecule has 4 N–H and O–H groups in total. The minimum absolute atomic E-state index is 0.186. The van der Waals surface area contributed by atoms with Crippen LogP contribution in [0.1, 0.15) is 12.8 Å². The maximum absolute atomic E-state index is 8.78. The number of hydrogen-bond acceptors (Lipinski definition) is 6. The predicted molar refractivity (Wildman–Crippen MR) is 118 cm³/mol. The van der Waals surface area contributed by atoms with Crippen LogP contribution in [0.3, 0.4) is 0 Å². The number of halogens is 1. The number of ether oxygens (including phenoxy) is 1. The van der Waals surface area contributed by atoms with E-state index in [4.69, 9.17) is 27.2 Å². The van der Waals surface area contributed by atoms with E-state index in [0.29, 0.717) is 23.1 Å². The molecule has 1 unspecified atom stereocenters. The molecule has 0 radical (unpaired) electrons. The Morgan fingerprint density at radius 3 is 2.63 bits per heavy atom. The van der Waals surface area contributed by atoms with E-state index in [-0.39, 0.29) is 6.10 Å². The van der Waals surface area contributed by atoms with E-state index in [1.54, 1.807) is 18.5 Å². The Morgan fingerprint density at radius 1 is 1.10 bits per heavy atom. The van der Waals surface area contributed by atoms with Gasteiger partial charge in [0.15, 0.2) is 5.65 Å². The molecule has 3 aromatic heterocycles. The number of H-pyrrole nitrogens is 1. The summed E-state index contributed by atoms with van der Waals surface area (Å²) in [5.41, 5.74) is 10.1. The summed E-state index contributed by atoms with van der Waals surface area (Å²) >= 11 is 6.31. The quantitative estimate of drug-likeness (QED) is 0.448. The highest BCUT2D eigenvalue weighted by molar-refractivity contribution is 6.33. The average molecular weight is 424 g/mol. The fraction of sp³-hybridized carbons (Fsp3) is 0.227. The van der Waals surface area contributed by atoms with Crippen LogP contribution in [0.15, 0.2) is 54.9 Å². The Morgan fingerprint density at radius 2 is 1.93 bits per heavy atom. The van der Waals surface area contributed by atoms with Crippen LogP contribution in [-0.4, -0.2) is 44.4 Å². The molecule has 7 nitrogen and oxygen atoms in total. The largest absolute Gasteiger partial charge is 0.391 e. The predicted octanol–water partition coefficient (Wildman–Crippen LogP) is 4.08. The molecule has 0 aliphatic carbocycles. The van der Waals surface area contributed by atoms with Gasteiger partial charge in [-0.3, -0.25) is 0 Å². The molecule has 30 heavy (non-hydrogen) atoms. The first-order valence-electron chi connectivity index (χ1n) is 9.69. The third kappa shape index (κ3) is 4.59. The van der Waals surface area contributed by atoms with Gasteiger partial charge in [-0.15, -0.1) is 0 Å². The minimum Gasteiger partial charge on any atom is -0.391 e. The Balaban J connectivity index is 0.000000265. The van der Waals surface area contributed by atoms with Crippen LogP contribution in [0, 0.1) is 0 Å². The second-order valence-corrected chi connectivity index (χ2v) is 7.37. The lowest BCUT2D eigenvalue weighted by Gasteiger charge is -2.15. The van der Waals surface area contributed by atoms with E-state index in [9.17, 15) is 0 Å². The standard InChI is InChI=1S/C17H12ClN5.C5H10O2/c18-13-9-21-15(19)8-12(13)10-4-1-2-5-11(10)16-22-14-6-3-7-20-17(14)23-16;6-5-2-1-3-7-4-5/h1-9H,(H2,19,21)(H,20,22,23);5-6H,1-4H2. The Labute approximate surface area is 178 Å². The number of nitrogens with two attached hydrogens (primary N) is 1. The van der Waals surface area contributed by atoms with Gasteiger partial charge in [0.2, 0.25) is 0 Å². The molecule has 0 saturated carbocycles. The van der Waals surface area contributed by atoms with Crippen LogP contribution in [0.5, 0.6) is 0 Å². The third-order valence-electron chi connectivity index (χ3n) is 4.74. The number of anilines is 1. The summed E-state index contributed by atoms with van der Waals surface area (Å²) in [6.45, 7) is 1.37. The van der Waals surface area contributed by atoms with E-state index < -0.39 is 0 Å². The van der Waals surface area contributed by atoms with Gasteiger partial charge in [0.05, 0.1) is 23.3 Å². The Hall–Kier alpha value is -3.00. The first-order valence-corrected chi connectivity index (χ1v) is 10.1. The van der Waals surface area contributed by atoms with Crippen molar-refractivity contribution in [2.24, 2.45) is 0 Å². The van der Waals surface area contributed by atoms with Crippen LogP contribution >= 0.6 is 11.6 Å². The summed E-state index contributed by atoms with van der Waals surface area (Å²) in [6.07, 6.45) is 5.03. The second kappa shape index (κ2) is 9.21. The minimum atomic E-state index is -0.186. The molecule has 1 aliphatic rings. The van der Waals surface area contributed by atoms with Crippen LogP contribution in [-0.2, 0) is 4.74 Å². The highest BCUT2D eigenvalue weighted by atomic mass is 35.5. The highest BCUT2D eigenvalue weighted by Gasteiger charge is 2.14. The van der Waals surface area contributed by atoms with Crippen molar-refractivity contribution >= 4 is 28.6 Å². The lowest BCUT2D eigenvalue weighted by atomic mass is 10.00. The molecule has 154 valence electrons. The lowest BCUT2D eigenvalue weighted by Crippen LogP contribution is -2.21. The van der Waals surface area contributed by atoms with Gasteiger partial charge < -0.3 is 20.6 Å². The van der Waals surface area contributed by atoms with Crippen LogP contribution in [0.4, 0.5) is 5.82 Å². The van der Waals surface area contributed by atoms with Crippen molar-refractivity contribution in [2.75, 3.05) is 18.9 Å². The number of nitrogens with one attached hydrogen (secondary N) is 1. The Bertz CT molecular complexity index is 1110. The van der Waals surface area contributed by atoms with E-state index in [1.807, 2.05) is 36.4 Å². The van der Waals surface area contributed by atoms with Crippen molar-refractivity contribution in [1.29, 1.82) is 0 Å². The maximum atomic E-state index is 8.78. The molecule has 1 atom stereocenters. The molecule has 0 spiro atoms. The first-order chi connectivity index (χ1) is 14.6. The van der Waals surface area contributed by atoms with Crippen molar-refractivity contribution in [1.82, 2.24) is 19.9 Å². The monoisotopic (exact) mass is 423 g/mol. The van der Waals surface area contributed by atoms with Gasteiger partial charge in [0.25, 0.3) is 0 Å². The topological polar surface area (TPSA) is 110 Å². The van der Waals surface area contributed by atoms with Crippen LogP contribution in [0.25, 0.3) is 33.7 Å². The van der Waals surface area contributed by atoms with Gasteiger partial charge >= 0.3 is 0 Å². The number of aliphatic hydroxyl groups is 1. The van der Waals surface area contributed by atoms with Crippen molar-refractivity contribution in [2.45, 2.75) is 18.9 Å². The van der Waals surface area contributed by atoms with Gasteiger partial charge in [-0.1, -0.05) is 35.9 Å². The number of hydrogen-bond donors (Lipinski definition) is 3.